The van der Waals surface area contributed by atoms with Gasteiger partial charge < -0.3 is 10.3 Å². The number of aromatic nitrogens is 2. The average molecular weight is 181 g/mol. The van der Waals surface area contributed by atoms with Crippen LogP contribution in [0.3, 0.4) is 0 Å². The second-order valence-electron chi connectivity index (χ2n) is 3.66. The molecule has 1 aliphatic rings. The van der Waals surface area contributed by atoms with Crippen molar-refractivity contribution in [1.29, 1.82) is 0 Å². The molecule has 0 aliphatic heterocycles. The van der Waals surface area contributed by atoms with Crippen LogP contribution in [0.5, 0.6) is 0 Å². The van der Waals surface area contributed by atoms with Crippen molar-refractivity contribution in [1.82, 2.24) is 10.1 Å². The first-order valence-electron chi connectivity index (χ1n) is 4.90. The molecular formula is C9H15N3O. The summed E-state index contributed by atoms with van der Waals surface area (Å²) in [4.78, 5) is 4.29. The lowest BCUT2D eigenvalue weighted by atomic mass is 10.2. The molecule has 1 atom stereocenters. The smallest absolute Gasteiger partial charge is 0.243 e. The Balaban J connectivity index is 2.03. The fraction of sp³-hybridized carbons (Fsp3) is 0.778. The zero-order valence-corrected chi connectivity index (χ0v) is 7.86. The number of rotatable bonds is 4. The van der Waals surface area contributed by atoms with Crippen LogP contribution in [-0.4, -0.2) is 10.1 Å². The first-order chi connectivity index (χ1) is 6.31. The van der Waals surface area contributed by atoms with Crippen LogP contribution < -0.4 is 5.73 Å². The molecule has 0 unspecified atom stereocenters. The minimum atomic E-state index is -0.0787. The van der Waals surface area contributed by atoms with Gasteiger partial charge >= 0.3 is 0 Å². The maximum absolute atomic E-state index is 5.84. The highest BCUT2D eigenvalue weighted by Gasteiger charge is 2.29. The summed E-state index contributed by atoms with van der Waals surface area (Å²) in [5.74, 6) is 2.00. The summed E-state index contributed by atoms with van der Waals surface area (Å²) in [6.45, 7) is 2.10. The molecule has 0 saturated heterocycles. The van der Waals surface area contributed by atoms with Gasteiger partial charge in [0.1, 0.15) is 0 Å². The largest absolute Gasteiger partial charge is 0.338 e. The van der Waals surface area contributed by atoms with Gasteiger partial charge in [0, 0.05) is 5.92 Å². The second kappa shape index (κ2) is 3.46. The Hall–Kier alpha value is -0.900. The third-order valence-electron chi connectivity index (χ3n) is 2.32. The molecule has 0 spiro atoms. The van der Waals surface area contributed by atoms with E-state index in [9.17, 15) is 0 Å². The van der Waals surface area contributed by atoms with E-state index in [0.717, 1.165) is 18.7 Å². The van der Waals surface area contributed by atoms with Crippen molar-refractivity contribution in [3.63, 3.8) is 0 Å². The maximum Gasteiger partial charge on any atom is 0.243 e. The fourth-order valence-electron chi connectivity index (χ4n) is 1.34. The van der Waals surface area contributed by atoms with Crippen molar-refractivity contribution in [2.75, 3.05) is 0 Å². The highest BCUT2D eigenvalue weighted by Crippen LogP contribution is 2.38. The van der Waals surface area contributed by atoms with E-state index in [4.69, 9.17) is 10.3 Å². The van der Waals surface area contributed by atoms with Gasteiger partial charge in [0.25, 0.3) is 0 Å². The lowest BCUT2D eigenvalue weighted by Gasteiger charge is -2.01. The Morgan fingerprint density at radius 2 is 2.38 bits per heavy atom. The van der Waals surface area contributed by atoms with Crippen LogP contribution in [0.1, 0.15) is 56.3 Å². The molecule has 13 heavy (non-hydrogen) atoms. The van der Waals surface area contributed by atoms with Crippen LogP contribution in [0.25, 0.3) is 0 Å². The molecule has 1 saturated carbocycles. The van der Waals surface area contributed by atoms with Gasteiger partial charge in [-0.2, -0.15) is 4.98 Å². The van der Waals surface area contributed by atoms with Crippen LogP contribution >= 0.6 is 0 Å². The molecule has 0 amide bonds. The molecule has 0 radical (unpaired) electrons. The summed E-state index contributed by atoms with van der Waals surface area (Å²) < 4.78 is 5.09. The Bertz CT molecular complexity index is 280. The van der Waals surface area contributed by atoms with Gasteiger partial charge in [-0.25, -0.2) is 0 Å². The van der Waals surface area contributed by atoms with E-state index in [0.29, 0.717) is 11.8 Å². The molecule has 1 fully saturated rings. The molecule has 4 nitrogen and oxygen atoms in total. The summed E-state index contributed by atoms with van der Waals surface area (Å²) in [7, 11) is 0. The Labute approximate surface area is 77.5 Å². The lowest BCUT2D eigenvalue weighted by molar-refractivity contribution is 0.344. The monoisotopic (exact) mass is 181 g/mol. The van der Waals surface area contributed by atoms with E-state index in [1.165, 1.54) is 12.8 Å². The van der Waals surface area contributed by atoms with Gasteiger partial charge in [-0.3, -0.25) is 0 Å². The molecule has 4 heteroatoms. The Morgan fingerprint density at radius 3 is 3.00 bits per heavy atom. The topological polar surface area (TPSA) is 64.9 Å². The maximum atomic E-state index is 5.84. The number of nitrogens with zero attached hydrogens (tertiary/aromatic N) is 2. The van der Waals surface area contributed by atoms with E-state index in [1.807, 2.05) is 0 Å². The zero-order valence-electron chi connectivity index (χ0n) is 7.86. The van der Waals surface area contributed by atoms with Crippen molar-refractivity contribution in [2.45, 2.75) is 44.6 Å². The third kappa shape index (κ3) is 1.88. The summed E-state index contributed by atoms with van der Waals surface area (Å²) in [6, 6.07) is -0.0787. The van der Waals surface area contributed by atoms with Gasteiger partial charge in [-0.05, 0) is 19.3 Å². The summed E-state index contributed by atoms with van der Waals surface area (Å²) in [6.07, 6.45) is 4.35. The van der Waals surface area contributed by atoms with Crippen LogP contribution in [0.15, 0.2) is 4.52 Å². The van der Waals surface area contributed by atoms with Crippen LogP contribution in [0.4, 0.5) is 0 Å². The second-order valence-corrected chi connectivity index (χ2v) is 3.66. The van der Waals surface area contributed by atoms with Crippen LogP contribution in [0, 0.1) is 0 Å². The van der Waals surface area contributed by atoms with Crippen LogP contribution in [-0.2, 0) is 0 Å². The quantitative estimate of drug-likeness (QED) is 0.768. The van der Waals surface area contributed by atoms with Gasteiger partial charge in [0.2, 0.25) is 5.89 Å². The molecular weight excluding hydrogens is 166 g/mol. The number of hydrogen-bond donors (Lipinski definition) is 1. The SMILES string of the molecule is CCC[C@@H](N)c1nc(C2CC2)no1. The van der Waals surface area contributed by atoms with E-state index >= 15 is 0 Å². The first-order valence-corrected chi connectivity index (χ1v) is 4.90. The van der Waals surface area contributed by atoms with Crippen molar-refractivity contribution in [3.05, 3.63) is 11.7 Å². The fourth-order valence-corrected chi connectivity index (χ4v) is 1.34. The molecule has 0 aromatic carbocycles. The van der Waals surface area contributed by atoms with Crippen molar-refractivity contribution in [2.24, 2.45) is 5.73 Å². The minimum Gasteiger partial charge on any atom is -0.338 e. The first kappa shape index (κ1) is 8.69. The van der Waals surface area contributed by atoms with Crippen molar-refractivity contribution < 1.29 is 4.52 Å². The molecule has 1 aliphatic carbocycles. The van der Waals surface area contributed by atoms with Gasteiger partial charge in [-0.1, -0.05) is 18.5 Å². The van der Waals surface area contributed by atoms with E-state index in [2.05, 4.69) is 17.1 Å². The number of hydrogen-bond acceptors (Lipinski definition) is 4. The highest BCUT2D eigenvalue weighted by atomic mass is 16.5. The van der Waals surface area contributed by atoms with E-state index in [1.54, 1.807) is 0 Å². The molecule has 1 heterocycles. The van der Waals surface area contributed by atoms with E-state index < -0.39 is 0 Å². The molecule has 2 N–H and O–H groups in total. The average Bonchev–Trinajstić information content (AvgIpc) is 2.84. The molecule has 2 rings (SSSR count). The van der Waals surface area contributed by atoms with Gasteiger partial charge in [-0.15, -0.1) is 0 Å². The molecule has 0 bridgehead atoms. The predicted octanol–water partition coefficient (Wildman–Crippen LogP) is 1.75. The van der Waals surface area contributed by atoms with E-state index in [-0.39, 0.29) is 6.04 Å². The summed E-state index contributed by atoms with van der Waals surface area (Å²) in [5.41, 5.74) is 5.84. The standard InChI is InChI=1S/C9H15N3O/c1-2-3-7(10)9-11-8(12-13-9)6-4-5-6/h6-7H,2-5,10H2,1H3/t7-/m1/s1. The lowest BCUT2D eigenvalue weighted by Crippen LogP contribution is -2.10. The Morgan fingerprint density at radius 1 is 1.62 bits per heavy atom. The van der Waals surface area contributed by atoms with Gasteiger partial charge in [0.05, 0.1) is 6.04 Å². The molecule has 1 aromatic heterocycles. The minimum absolute atomic E-state index is 0.0787. The predicted molar refractivity (Wildman–Crippen MR) is 48.1 cm³/mol. The number of nitrogens with two attached hydrogens (primary N) is 1. The van der Waals surface area contributed by atoms with Crippen LogP contribution in [0.2, 0.25) is 0 Å². The third-order valence-corrected chi connectivity index (χ3v) is 2.32. The highest BCUT2D eigenvalue weighted by molar-refractivity contribution is 5.04. The van der Waals surface area contributed by atoms with Gasteiger partial charge in [0.15, 0.2) is 5.82 Å². The summed E-state index contributed by atoms with van der Waals surface area (Å²) >= 11 is 0. The molecule has 1 aromatic rings. The zero-order chi connectivity index (χ0) is 9.26. The molecule has 72 valence electrons. The normalized spacial score (nSPS) is 18.9. The summed E-state index contributed by atoms with van der Waals surface area (Å²) in [5, 5.41) is 3.92. The Kier molecular flexibility index (Phi) is 2.31. The van der Waals surface area contributed by atoms with Crippen molar-refractivity contribution >= 4 is 0 Å². The van der Waals surface area contributed by atoms with Crippen molar-refractivity contribution in [3.8, 4) is 0 Å².